The largest absolute Gasteiger partial charge is 0.483 e. The third-order valence-corrected chi connectivity index (χ3v) is 4.65. The molecule has 0 amide bonds. The van der Waals surface area contributed by atoms with Gasteiger partial charge in [-0.05, 0) is 30.3 Å². The molecular weight excluding hydrogens is 414 g/mol. The monoisotopic (exact) mass is 430 g/mol. The number of nitrogens with zero attached hydrogens (tertiary/aromatic N) is 2. The van der Waals surface area contributed by atoms with Gasteiger partial charge in [-0.2, -0.15) is 0 Å². The minimum absolute atomic E-state index is 0.0303. The number of nitrogens with one attached hydrogen (secondary N) is 2. The summed E-state index contributed by atoms with van der Waals surface area (Å²) in [6.07, 6.45) is 4.81. The second-order valence-corrected chi connectivity index (χ2v) is 6.90. The van der Waals surface area contributed by atoms with E-state index in [0.29, 0.717) is 22.0 Å². The Kier molecular flexibility index (Phi) is 5.67. The third-order valence-electron chi connectivity index (χ3n) is 4.44. The van der Waals surface area contributed by atoms with E-state index in [9.17, 15) is 8.78 Å². The molecule has 0 saturated carbocycles. The normalized spacial score (nSPS) is 10.9. The molecule has 2 N–H and O–H groups in total. The lowest BCUT2D eigenvalue weighted by atomic mass is 10.2. The molecule has 0 saturated heterocycles. The fourth-order valence-electron chi connectivity index (χ4n) is 2.99. The van der Waals surface area contributed by atoms with Crippen LogP contribution in [0.2, 0.25) is 5.02 Å². The van der Waals surface area contributed by atoms with Gasteiger partial charge in [-0.15, -0.1) is 0 Å². The Balaban J connectivity index is 1.51. The third kappa shape index (κ3) is 4.13. The summed E-state index contributed by atoms with van der Waals surface area (Å²) >= 11 is 5.96. The number of aromatic amines is 1. The first-order chi connectivity index (χ1) is 14.5. The molecule has 0 aliphatic heterocycles. The maximum Gasteiger partial charge on any atom is 0.218 e. The van der Waals surface area contributed by atoms with Crippen molar-refractivity contribution in [3.05, 3.63) is 76.7 Å². The summed E-state index contributed by atoms with van der Waals surface area (Å²) in [6.45, 7) is 0.143. The Morgan fingerprint density at radius 3 is 2.83 bits per heavy atom. The van der Waals surface area contributed by atoms with Gasteiger partial charge in [0.05, 0.1) is 17.8 Å². The van der Waals surface area contributed by atoms with Crippen LogP contribution in [0.25, 0.3) is 11.0 Å². The summed E-state index contributed by atoms with van der Waals surface area (Å²) in [4.78, 5) is 11.3. The molecule has 1 aromatic carbocycles. The molecule has 3 aromatic heterocycles. The zero-order chi connectivity index (χ0) is 21.1. The maximum absolute atomic E-state index is 14.9. The van der Waals surface area contributed by atoms with Gasteiger partial charge in [0.25, 0.3) is 0 Å². The fourth-order valence-corrected chi connectivity index (χ4v) is 3.17. The summed E-state index contributed by atoms with van der Waals surface area (Å²) in [6, 6.07) is 7.80. The highest BCUT2D eigenvalue weighted by atomic mass is 35.5. The van der Waals surface area contributed by atoms with Gasteiger partial charge in [0.2, 0.25) is 5.88 Å². The van der Waals surface area contributed by atoms with E-state index in [0.717, 1.165) is 17.1 Å². The van der Waals surface area contributed by atoms with Gasteiger partial charge in [-0.25, -0.2) is 18.7 Å². The van der Waals surface area contributed by atoms with Crippen molar-refractivity contribution in [1.29, 1.82) is 0 Å². The van der Waals surface area contributed by atoms with E-state index in [1.165, 1.54) is 19.4 Å². The molecule has 0 bridgehead atoms. The van der Waals surface area contributed by atoms with Crippen molar-refractivity contribution in [2.75, 3.05) is 12.4 Å². The second-order valence-electron chi connectivity index (χ2n) is 6.46. The van der Waals surface area contributed by atoms with E-state index in [-0.39, 0.29) is 18.8 Å². The first-order valence-electron chi connectivity index (χ1n) is 9.00. The molecule has 4 aromatic rings. The van der Waals surface area contributed by atoms with Crippen molar-refractivity contribution in [2.24, 2.45) is 0 Å². The minimum Gasteiger partial charge on any atom is -0.483 e. The minimum atomic E-state index is -0.834. The number of methoxy groups -OCH3 is 1. The number of rotatable bonds is 7. The number of hydrogen-bond donors (Lipinski definition) is 2. The predicted octanol–water partition coefficient (Wildman–Crippen LogP) is 5.09. The fraction of sp³-hybridized carbons (Fsp3) is 0.143. The van der Waals surface area contributed by atoms with Crippen molar-refractivity contribution in [1.82, 2.24) is 15.0 Å². The number of anilines is 1. The van der Waals surface area contributed by atoms with E-state index in [1.807, 2.05) is 12.1 Å². The number of halogens is 3. The zero-order valence-corrected chi connectivity index (χ0v) is 16.6. The SMILES string of the molecule is COc1ncc(Cl)cc1CNc1ccc(F)c(OCc2cnc3[nH]ccc3c2)c1F. The van der Waals surface area contributed by atoms with Gasteiger partial charge in [-0.1, -0.05) is 11.6 Å². The van der Waals surface area contributed by atoms with Crippen molar-refractivity contribution in [3.8, 4) is 11.6 Å². The topological polar surface area (TPSA) is 72.1 Å². The number of hydrogen-bond acceptors (Lipinski definition) is 5. The molecule has 30 heavy (non-hydrogen) atoms. The van der Waals surface area contributed by atoms with Crippen LogP contribution in [0.1, 0.15) is 11.1 Å². The van der Waals surface area contributed by atoms with E-state index < -0.39 is 17.4 Å². The number of benzene rings is 1. The highest BCUT2D eigenvalue weighted by Crippen LogP contribution is 2.30. The molecule has 0 radical (unpaired) electrons. The second kappa shape index (κ2) is 8.54. The molecule has 0 spiro atoms. The molecule has 3 heterocycles. The molecule has 0 unspecified atom stereocenters. The van der Waals surface area contributed by atoms with Crippen LogP contribution in [0.5, 0.6) is 11.6 Å². The standard InChI is InChI=1S/C21H17ClF2N4O2/c1-29-21-14(7-15(22)10-28-21)9-26-17-3-2-16(23)19(18(17)24)30-11-12-6-13-4-5-25-20(13)27-8-12/h2-8,10,26H,9,11H2,1H3,(H,25,27). The van der Waals surface area contributed by atoms with Gasteiger partial charge in [0.15, 0.2) is 17.4 Å². The van der Waals surface area contributed by atoms with Crippen LogP contribution in [-0.4, -0.2) is 22.1 Å². The number of aromatic nitrogens is 3. The zero-order valence-electron chi connectivity index (χ0n) is 15.9. The van der Waals surface area contributed by atoms with Gasteiger partial charge in [0, 0.05) is 41.6 Å². The van der Waals surface area contributed by atoms with Gasteiger partial charge in [-0.3, -0.25) is 0 Å². The van der Waals surface area contributed by atoms with Gasteiger partial charge >= 0.3 is 0 Å². The Bertz CT molecular complexity index is 1200. The average Bonchev–Trinajstić information content (AvgIpc) is 3.21. The quantitative estimate of drug-likeness (QED) is 0.427. The number of ether oxygens (including phenoxy) is 2. The van der Waals surface area contributed by atoms with Crippen molar-refractivity contribution < 1.29 is 18.3 Å². The number of H-pyrrole nitrogens is 1. The number of fused-ring (bicyclic) bond motifs is 1. The van der Waals surface area contributed by atoms with E-state index >= 15 is 0 Å². The lowest BCUT2D eigenvalue weighted by Gasteiger charge is -2.14. The summed E-state index contributed by atoms with van der Waals surface area (Å²) in [5, 5.41) is 4.21. The Morgan fingerprint density at radius 2 is 2.00 bits per heavy atom. The molecule has 4 rings (SSSR count). The molecule has 9 heteroatoms. The summed E-state index contributed by atoms with van der Waals surface area (Å²) < 4.78 is 39.7. The van der Waals surface area contributed by atoms with Gasteiger partial charge in [0.1, 0.15) is 12.3 Å². The van der Waals surface area contributed by atoms with Crippen molar-refractivity contribution >= 4 is 28.3 Å². The van der Waals surface area contributed by atoms with Gasteiger partial charge < -0.3 is 19.8 Å². The Hall–Kier alpha value is -3.39. The highest BCUT2D eigenvalue weighted by molar-refractivity contribution is 6.30. The molecule has 6 nitrogen and oxygen atoms in total. The lowest BCUT2D eigenvalue weighted by molar-refractivity contribution is 0.274. The molecule has 154 valence electrons. The van der Waals surface area contributed by atoms with Crippen LogP contribution < -0.4 is 14.8 Å². The van der Waals surface area contributed by atoms with E-state index in [2.05, 4.69) is 20.3 Å². The first kappa shape index (κ1) is 19.9. The van der Waals surface area contributed by atoms with E-state index in [4.69, 9.17) is 21.1 Å². The maximum atomic E-state index is 14.9. The summed E-state index contributed by atoms with van der Waals surface area (Å²) in [5.41, 5.74) is 2.12. The van der Waals surface area contributed by atoms with Crippen molar-refractivity contribution in [2.45, 2.75) is 13.2 Å². The smallest absolute Gasteiger partial charge is 0.218 e. The van der Waals surface area contributed by atoms with Crippen LogP contribution in [0, 0.1) is 11.6 Å². The summed E-state index contributed by atoms with van der Waals surface area (Å²) in [7, 11) is 1.48. The van der Waals surface area contributed by atoms with Crippen LogP contribution >= 0.6 is 11.6 Å². The molecule has 0 atom stereocenters. The molecule has 0 fully saturated rings. The Labute approximate surface area is 175 Å². The molecular formula is C21H17ClF2N4O2. The lowest BCUT2D eigenvalue weighted by Crippen LogP contribution is -2.07. The first-order valence-corrected chi connectivity index (χ1v) is 9.38. The predicted molar refractivity (Wildman–Crippen MR) is 110 cm³/mol. The summed E-state index contributed by atoms with van der Waals surface area (Å²) in [5.74, 6) is -1.74. The van der Waals surface area contributed by atoms with Crippen LogP contribution in [-0.2, 0) is 13.2 Å². The van der Waals surface area contributed by atoms with Crippen LogP contribution in [0.15, 0.2) is 48.9 Å². The van der Waals surface area contributed by atoms with E-state index in [1.54, 1.807) is 18.5 Å². The Morgan fingerprint density at radius 1 is 1.13 bits per heavy atom. The highest BCUT2D eigenvalue weighted by Gasteiger charge is 2.16. The number of pyridine rings is 2. The molecule has 0 aliphatic rings. The van der Waals surface area contributed by atoms with Crippen LogP contribution in [0.3, 0.4) is 0 Å². The molecule has 0 aliphatic carbocycles. The van der Waals surface area contributed by atoms with Crippen molar-refractivity contribution in [3.63, 3.8) is 0 Å². The van der Waals surface area contributed by atoms with Crippen LogP contribution in [0.4, 0.5) is 14.5 Å². The average molecular weight is 431 g/mol.